The molecule has 0 aliphatic heterocycles. The first-order valence-corrected chi connectivity index (χ1v) is 4.56. The lowest BCUT2D eigenvalue weighted by atomic mass is 9.92. The highest BCUT2D eigenvalue weighted by Gasteiger charge is 2.12. The van der Waals surface area contributed by atoms with E-state index in [1.807, 2.05) is 11.6 Å². The van der Waals surface area contributed by atoms with E-state index in [2.05, 4.69) is 31.1 Å². The van der Waals surface area contributed by atoms with Gasteiger partial charge < -0.3 is 5.73 Å². The second kappa shape index (κ2) is 3.36. The molecule has 0 amide bonds. The molecule has 4 nitrogen and oxygen atoms in total. The van der Waals surface area contributed by atoms with Crippen molar-refractivity contribution in [1.82, 2.24) is 15.0 Å². The van der Waals surface area contributed by atoms with Gasteiger partial charge in [0.15, 0.2) is 5.82 Å². The summed E-state index contributed by atoms with van der Waals surface area (Å²) < 4.78 is 1.86. The third-order valence-corrected chi connectivity index (χ3v) is 2.09. The zero-order chi connectivity index (χ0) is 10.1. The average molecular weight is 182 g/mol. The molecule has 0 aromatic carbocycles. The van der Waals surface area contributed by atoms with Gasteiger partial charge in [0.25, 0.3) is 0 Å². The second-order valence-electron chi connectivity index (χ2n) is 4.59. The van der Waals surface area contributed by atoms with Crippen molar-refractivity contribution >= 4 is 5.82 Å². The van der Waals surface area contributed by atoms with Crippen LogP contribution in [0.15, 0.2) is 0 Å². The number of hydrogen-bond acceptors (Lipinski definition) is 3. The molecular formula is C9H18N4. The summed E-state index contributed by atoms with van der Waals surface area (Å²) in [4.78, 5) is 0. The van der Waals surface area contributed by atoms with Crippen molar-refractivity contribution < 1.29 is 0 Å². The van der Waals surface area contributed by atoms with Crippen LogP contribution in [0.1, 0.15) is 32.9 Å². The monoisotopic (exact) mass is 182 g/mol. The van der Waals surface area contributed by atoms with E-state index in [0.717, 1.165) is 18.7 Å². The van der Waals surface area contributed by atoms with E-state index in [1.54, 1.807) is 0 Å². The van der Waals surface area contributed by atoms with Crippen molar-refractivity contribution in [3.63, 3.8) is 0 Å². The minimum absolute atomic E-state index is 0.327. The van der Waals surface area contributed by atoms with Crippen LogP contribution in [0.5, 0.6) is 0 Å². The second-order valence-corrected chi connectivity index (χ2v) is 4.59. The normalized spacial score (nSPS) is 12.0. The quantitative estimate of drug-likeness (QED) is 0.756. The van der Waals surface area contributed by atoms with Crippen LogP contribution in [0, 0.1) is 12.3 Å². The number of rotatable bonds is 2. The van der Waals surface area contributed by atoms with Gasteiger partial charge in [-0.15, -0.1) is 5.10 Å². The molecule has 1 heterocycles. The molecule has 2 N–H and O–H groups in total. The predicted molar refractivity (Wildman–Crippen MR) is 53.2 cm³/mol. The largest absolute Gasteiger partial charge is 0.381 e. The van der Waals surface area contributed by atoms with E-state index in [0.29, 0.717) is 11.2 Å². The molecule has 1 aromatic heterocycles. The Morgan fingerprint density at radius 3 is 2.38 bits per heavy atom. The van der Waals surface area contributed by atoms with Crippen LogP contribution in [0.2, 0.25) is 0 Å². The van der Waals surface area contributed by atoms with E-state index in [-0.39, 0.29) is 0 Å². The molecule has 1 aromatic rings. The fourth-order valence-electron chi connectivity index (χ4n) is 1.03. The van der Waals surface area contributed by atoms with Gasteiger partial charge >= 0.3 is 0 Å². The lowest BCUT2D eigenvalue weighted by molar-refractivity contribution is 0.337. The Kier molecular flexibility index (Phi) is 2.59. The van der Waals surface area contributed by atoms with E-state index >= 15 is 0 Å². The van der Waals surface area contributed by atoms with Crippen LogP contribution in [0.25, 0.3) is 0 Å². The van der Waals surface area contributed by atoms with E-state index in [4.69, 9.17) is 5.73 Å². The summed E-state index contributed by atoms with van der Waals surface area (Å²) >= 11 is 0. The zero-order valence-electron chi connectivity index (χ0n) is 8.83. The first-order valence-electron chi connectivity index (χ1n) is 4.56. The van der Waals surface area contributed by atoms with Crippen LogP contribution in [-0.4, -0.2) is 15.0 Å². The Hall–Kier alpha value is -1.06. The van der Waals surface area contributed by atoms with Crippen LogP contribution < -0.4 is 5.73 Å². The maximum atomic E-state index is 5.59. The lowest BCUT2D eigenvalue weighted by Gasteiger charge is -2.17. The summed E-state index contributed by atoms with van der Waals surface area (Å²) in [6.45, 7) is 9.46. The number of aryl methyl sites for hydroxylation is 1. The van der Waals surface area contributed by atoms with Gasteiger partial charge in [-0.1, -0.05) is 26.0 Å². The molecule has 0 unspecified atom stereocenters. The Balaban J connectivity index is 2.60. The smallest absolute Gasteiger partial charge is 0.168 e. The summed E-state index contributed by atoms with van der Waals surface area (Å²) in [6, 6.07) is 0. The number of anilines is 1. The summed E-state index contributed by atoms with van der Waals surface area (Å²) in [5, 5.41) is 7.77. The molecule has 1 rings (SSSR count). The Bertz CT molecular complexity index is 282. The minimum atomic E-state index is 0.327. The number of nitrogens with zero attached hydrogens (tertiary/aromatic N) is 3. The Morgan fingerprint density at radius 1 is 1.38 bits per heavy atom. The average Bonchev–Trinajstić information content (AvgIpc) is 2.29. The fraction of sp³-hybridized carbons (Fsp3) is 0.778. The summed E-state index contributed by atoms with van der Waals surface area (Å²) in [7, 11) is 0. The topological polar surface area (TPSA) is 56.7 Å². The highest BCUT2D eigenvalue weighted by atomic mass is 15.4. The number of nitrogen functional groups attached to an aromatic ring is 1. The maximum Gasteiger partial charge on any atom is 0.168 e. The third-order valence-electron chi connectivity index (χ3n) is 2.09. The van der Waals surface area contributed by atoms with Crippen molar-refractivity contribution in [1.29, 1.82) is 0 Å². The van der Waals surface area contributed by atoms with Crippen molar-refractivity contribution in [3.05, 3.63) is 5.69 Å². The number of hydrogen-bond donors (Lipinski definition) is 1. The molecule has 0 spiro atoms. The van der Waals surface area contributed by atoms with Gasteiger partial charge in [0.05, 0.1) is 5.69 Å². The van der Waals surface area contributed by atoms with Crippen LogP contribution in [0.3, 0.4) is 0 Å². The van der Waals surface area contributed by atoms with Crippen molar-refractivity contribution in [2.75, 3.05) is 5.73 Å². The molecule has 74 valence electrons. The molecule has 0 aliphatic carbocycles. The number of aromatic nitrogens is 3. The predicted octanol–water partition coefficient (Wildman–Crippen LogP) is 1.60. The van der Waals surface area contributed by atoms with Crippen LogP contribution in [-0.2, 0) is 6.54 Å². The first kappa shape index (κ1) is 10.0. The molecule has 0 atom stereocenters. The van der Waals surface area contributed by atoms with E-state index in [9.17, 15) is 0 Å². The van der Waals surface area contributed by atoms with E-state index in [1.165, 1.54) is 0 Å². The van der Waals surface area contributed by atoms with Crippen molar-refractivity contribution in [3.8, 4) is 0 Å². The summed E-state index contributed by atoms with van der Waals surface area (Å²) in [6.07, 6.45) is 1.08. The minimum Gasteiger partial charge on any atom is -0.381 e. The maximum absolute atomic E-state index is 5.59. The Morgan fingerprint density at radius 2 is 2.00 bits per heavy atom. The zero-order valence-corrected chi connectivity index (χ0v) is 8.83. The molecule has 0 aliphatic rings. The van der Waals surface area contributed by atoms with Crippen LogP contribution >= 0.6 is 0 Å². The molecule has 0 bridgehead atoms. The first-order chi connectivity index (χ1) is 5.90. The summed E-state index contributed by atoms with van der Waals surface area (Å²) in [5.41, 5.74) is 6.87. The highest BCUT2D eigenvalue weighted by molar-refractivity contribution is 5.31. The van der Waals surface area contributed by atoms with Gasteiger partial charge in [0.2, 0.25) is 0 Å². The number of nitrogens with two attached hydrogens (primary N) is 1. The Labute approximate surface area is 79.1 Å². The van der Waals surface area contributed by atoms with Gasteiger partial charge in [0, 0.05) is 6.54 Å². The SMILES string of the molecule is Cc1c(N)nnn1CCC(C)(C)C. The van der Waals surface area contributed by atoms with Gasteiger partial charge in [0.1, 0.15) is 0 Å². The van der Waals surface area contributed by atoms with Crippen molar-refractivity contribution in [2.24, 2.45) is 5.41 Å². The van der Waals surface area contributed by atoms with Gasteiger partial charge in [-0.2, -0.15) is 0 Å². The van der Waals surface area contributed by atoms with Gasteiger partial charge in [-0.25, -0.2) is 4.68 Å². The van der Waals surface area contributed by atoms with Gasteiger partial charge in [-0.05, 0) is 18.8 Å². The molecule has 0 fully saturated rings. The van der Waals surface area contributed by atoms with Crippen LogP contribution in [0.4, 0.5) is 5.82 Å². The lowest BCUT2D eigenvalue weighted by Crippen LogP contribution is -2.12. The summed E-state index contributed by atoms with van der Waals surface area (Å²) in [5.74, 6) is 0.536. The third kappa shape index (κ3) is 2.72. The standard InChI is InChI=1S/C9H18N4/c1-7-8(10)11-12-13(7)6-5-9(2,3)4/h5-6,10H2,1-4H3. The molecule has 13 heavy (non-hydrogen) atoms. The van der Waals surface area contributed by atoms with Gasteiger partial charge in [-0.3, -0.25) is 0 Å². The van der Waals surface area contributed by atoms with Crippen molar-refractivity contribution in [2.45, 2.75) is 40.7 Å². The fourth-order valence-corrected chi connectivity index (χ4v) is 1.03. The molecule has 0 radical (unpaired) electrons. The molecule has 0 saturated heterocycles. The molecular weight excluding hydrogens is 164 g/mol. The molecule has 0 saturated carbocycles. The highest BCUT2D eigenvalue weighted by Crippen LogP contribution is 2.19. The van der Waals surface area contributed by atoms with E-state index < -0.39 is 0 Å². The molecule has 4 heteroatoms.